The average Bonchev–Trinajstić information content (AvgIpc) is 3.77. The van der Waals surface area contributed by atoms with Crippen molar-refractivity contribution in [2.45, 2.75) is 88.1 Å². The topological polar surface area (TPSA) is 233 Å². The lowest BCUT2D eigenvalue weighted by atomic mass is 9.89. The predicted molar refractivity (Wildman–Crippen MR) is 262 cm³/mol. The molecule has 0 radical (unpaired) electrons. The maximum Gasteiger partial charge on any atom is 0.412 e. The summed E-state index contributed by atoms with van der Waals surface area (Å²) in [4.78, 5) is 98.0. The van der Waals surface area contributed by atoms with E-state index in [1.807, 2.05) is 6.07 Å². The van der Waals surface area contributed by atoms with E-state index in [1.54, 1.807) is 71.6 Å². The van der Waals surface area contributed by atoms with E-state index >= 15 is 4.39 Å². The Morgan fingerprint density at radius 3 is 1.82 bits per heavy atom. The summed E-state index contributed by atoms with van der Waals surface area (Å²) in [6.45, 7) is 0.204. The molecule has 4 aliphatic rings. The Bertz CT molecular complexity index is 2970. The van der Waals surface area contributed by atoms with Gasteiger partial charge in [0.25, 0.3) is 0 Å². The van der Waals surface area contributed by atoms with Crippen LogP contribution in [-0.4, -0.2) is 89.0 Å². The van der Waals surface area contributed by atoms with Crippen LogP contribution in [0.5, 0.6) is 0 Å². The smallest absolute Gasteiger partial charge is 0.412 e. The van der Waals surface area contributed by atoms with E-state index in [0.29, 0.717) is 101 Å². The second kappa shape index (κ2) is 22.1. The van der Waals surface area contributed by atoms with Gasteiger partial charge in [-0.25, -0.2) is 9.18 Å². The quantitative estimate of drug-likeness (QED) is 0.0922. The molecule has 1 saturated heterocycles. The Morgan fingerprint density at radius 1 is 0.736 bits per heavy atom. The van der Waals surface area contributed by atoms with Crippen molar-refractivity contribution in [2.75, 3.05) is 43.3 Å². The highest BCUT2D eigenvalue weighted by atomic mass is 35.5. The first-order valence-corrected chi connectivity index (χ1v) is 24.0. The maximum absolute atomic E-state index is 15.3. The van der Waals surface area contributed by atoms with Gasteiger partial charge in [-0.1, -0.05) is 60.8 Å². The number of hydrogen-bond donors (Lipinski definition) is 4. The SMILES string of the molecule is COC(=O)Cc1ccc2c(c1)NC(=O)CCCCC(C(=O)N1CC[C@@]3(C1)OC(=O)Nc1ccc(Cl)c(F)c13)c1cccc-2n1.COC(=O)Cc1ccc2c(c1)NC(=O)CCCCC(C(=O)O)c1cccc-2n1. The molecule has 72 heavy (non-hydrogen) atoms. The van der Waals surface area contributed by atoms with Crippen molar-refractivity contribution in [3.63, 3.8) is 0 Å². The van der Waals surface area contributed by atoms with Gasteiger partial charge >= 0.3 is 24.0 Å². The van der Waals surface area contributed by atoms with Gasteiger partial charge in [-0.05, 0) is 85.3 Å². The number of carboxylic acids is 1. The van der Waals surface area contributed by atoms with Crippen LogP contribution >= 0.6 is 11.6 Å². The Labute approximate surface area is 418 Å². The number of pyridine rings is 2. The van der Waals surface area contributed by atoms with Crippen LogP contribution in [0.2, 0.25) is 5.02 Å². The van der Waals surface area contributed by atoms with Gasteiger partial charge < -0.3 is 34.9 Å². The highest BCUT2D eigenvalue weighted by molar-refractivity contribution is 6.31. The Hall–Kier alpha value is -7.73. The van der Waals surface area contributed by atoms with Crippen LogP contribution in [0.3, 0.4) is 0 Å². The molecule has 5 aromatic rings. The number of nitrogens with zero attached hydrogens (tertiary/aromatic N) is 3. The van der Waals surface area contributed by atoms with Gasteiger partial charge in [0, 0.05) is 36.9 Å². The number of anilines is 3. The van der Waals surface area contributed by atoms with Crippen molar-refractivity contribution >= 4 is 70.4 Å². The summed E-state index contributed by atoms with van der Waals surface area (Å²) >= 11 is 6.09. The first kappa shape index (κ1) is 50.7. The zero-order valence-corrected chi connectivity index (χ0v) is 40.3. The number of aromatic nitrogens is 2. The number of carboxylic acid groups (broad SMARTS) is 1. The van der Waals surface area contributed by atoms with Gasteiger partial charge in [-0.3, -0.25) is 44.1 Å². The molecule has 374 valence electrons. The standard InChI is InChI=1S/C32H30ClFN4O6.C21H22N2O5/c1-43-27(40)16-18-9-10-19-22-6-4-7-23(35-22)20(5-2-3-8-26(39)36-25(19)15-18)30(41)38-14-13-32(17-38)28-24(37-31(42)44-32)12-11-21(33)29(28)34;1-28-20(25)12-13-9-10-14-16-6-4-7-17(22-16)15(21(26)27)5-2-3-8-19(24)23-18(14)11-13/h4,6-7,9-12,15,20H,2-3,5,8,13-14,16-17H2,1H3,(H,36,39)(H,37,42);4,6-7,9-11,15H,2-3,5,8,12H2,1H3,(H,23,24)(H,26,27)/t20?,32-;/m0./s1. The number of rotatable bonds is 6. The lowest BCUT2D eigenvalue weighted by Crippen LogP contribution is -2.44. The van der Waals surface area contributed by atoms with Crippen molar-refractivity contribution in [1.82, 2.24) is 14.9 Å². The molecule has 4 bridgehead atoms. The summed E-state index contributed by atoms with van der Waals surface area (Å²) < 4.78 is 30.5. The number of carbonyl (C=O) groups excluding carboxylic acids is 6. The largest absolute Gasteiger partial charge is 0.481 e. The third kappa shape index (κ3) is 11.4. The molecule has 2 aromatic heterocycles. The van der Waals surface area contributed by atoms with E-state index in [0.717, 1.165) is 0 Å². The third-order valence-corrected chi connectivity index (χ3v) is 13.5. The number of esters is 2. The molecule has 6 heterocycles. The number of methoxy groups -OCH3 is 2. The number of carbonyl (C=O) groups is 7. The molecule has 9 rings (SSSR count). The first-order chi connectivity index (χ1) is 34.6. The van der Waals surface area contributed by atoms with Gasteiger partial charge in [0.1, 0.15) is 0 Å². The zero-order valence-electron chi connectivity index (χ0n) is 39.6. The number of benzene rings is 3. The zero-order chi connectivity index (χ0) is 51.1. The maximum atomic E-state index is 15.3. The van der Waals surface area contributed by atoms with Crippen molar-refractivity contribution in [2.24, 2.45) is 0 Å². The highest BCUT2D eigenvalue weighted by Gasteiger charge is 2.51. The van der Waals surface area contributed by atoms with Crippen LogP contribution in [0.15, 0.2) is 84.9 Å². The summed E-state index contributed by atoms with van der Waals surface area (Å²) in [5.74, 6) is -4.28. The Morgan fingerprint density at radius 2 is 1.28 bits per heavy atom. The number of hydrogen-bond acceptors (Lipinski definition) is 12. The molecule has 4 N–H and O–H groups in total. The van der Waals surface area contributed by atoms with Crippen molar-refractivity contribution in [1.29, 1.82) is 0 Å². The summed E-state index contributed by atoms with van der Waals surface area (Å²) in [5.41, 5.74) is 4.97. The normalized spacial score (nSPS) is 19.4. The monoisotopic (exact) mass is 1000 g/mol. The summed E-state index contributed by atoms with van der Waals surface area (Å²) in [6.07, 6.45) is 3.37. The molecule has 17 nitrogen and oxygen atoms in total. The number of nitrogens with one attached hydrogen (secondary N) is 3. The molecule has 4 aliphatic heterocycles. The van der Waals surface area contributed by atoms with E-state index in [9.17, 15) is 38.7 Å². The van der Waals surface area contributed by atoms with Crippen LogP contribution in [-0.2, 0) is 61.4 Å². The van der Waals surface area contributed by atoms with Crippen molar-refractivity contribution in [3.8, 4) is 22.5 Å². The lowest BCUT2D eigenvalue weighted by Gasteiger charge is -2.36. The molecule has 4 amide bonds. The van der Waals surface area contributed by atoms with E-state index in [-0.39, 0.29) is 78.7 Å². The molecular weight excluding hydrogens is 951 g/mol. The van der Waals surface area contributed by atoms with Crippen molar-refractivity contribution in [3.05, 3.63) is 124 Å². The molecule has 1 spiro atoms. The fourth-order valence-corrected chi connectivity index (χ4v) is 9.71. The fraction of sp³-hybridized carbons (Fsp3) is 0.340. The summed E-state index contributed by atoms with van der Waals surface area (Å²) in [5, 5.41) is 17.9. The minimum atomic E-state index is -1.37. The Kier molecular flexibility index (Phi) is 15.6. The molecule has 0 saturated carbocycles. The second-order valence-electron chi connectivity index (χ2n) is 18.0. The molecule has 3 atom stereocenters. The first-order valence-electron chi connectivity index (χ1n) is 23.6. The fourth-order valence-electron chi connectivity index (χ4n) is 9.56. The molecule has 3 aromatic carbocycles. The molecular formula is C53H52ClFN6O11. The molecule has 0 aliphatic carbocycles. The summed E-state index contributed by atoms with van der Waals surface area (Å²) in [7, 11) is 2.64. The lowest BCUT2D eigenvalue weighted by molar-refractivity contribution is -0.140. The average molecular weight is 1000 g/mol. The van der Waals surface area contributed by atoms with E-state index in [4.69, 9.17) is 30.8 Å². The Balaban J connectivity index is 0.000000213. The minimum absolute atomic E-state index is 0.0338. The third-order valence-electron chi connectivity index (χ3n) is 13.2. The van der Waals surface area contributed by atoms with Gasteiger partial charge in [0.2, 0.25) is 17.7 Å². The van der Waals surface area contributed by atoms with Crippen LogP contribution in [0, 0.1) is 5.82 Å². The van der Waals surface area contributed by atoms with Crippen LogP contribution in [0.25, 0.3) is 22.5 Å². The van der Waals surface area contributed by atoms with E-state index in [2.05, 4.69) is 20.9 Å². The van der Waals surface area contributed by atoms with Gasteiger partial charge in [0.05, 0.1) is 95.9 Å². The number of fused-ring (bicyclic) bond motifs is 10. The number of aliphatic carboxylic acids is 1. The highest BCUT2D eigenvalue weighted by Crippen LogP contribution is 2.46. The van der Waals surface area contributed by atoms with Gasteiger partial charge in [-0.2, -0.15) is 0 Å². The van der Waals surface area contributed by atoms with Crippen LogP contribution in [0.4, 0.5) is 26.2 Å². The van der Waals surface area contributed by atoms with Gasteiger partial charge in [-0.15, -0.1) is 0 Å². The molecule has 2 unspecified atom stereocenters. The van der Waals surface area contributed by atoms with Gasteiger partial charge in [0.15, 0.2) is 11.4 Å². The number of amides is 4. The van der Waals surface area contributed by atoms with Crippen molar-refractivity contribution < 1.29 is 57.3 Å². The number of likely N-dealkylation sites (tertiary alicyclic amines) is 1. The van der Waals surface area contributed by atoms with E-state index < -0.39 is 41.3 Å². The number of halogens is 2. The second-order valence-corrected chi connectivity index (χ2v) is 18.4. The minimum Gasteiger partial charge on any atom is -0.481 e. The van der Waals surface area contributed by atoms with Crippen LogP contribution in [0.1, 0.15) is 97.7 Å². The van der Waals surface area contributed by atoms with E-state index in [1.165, 1.54) is 26.4 Å². The molecule has 19 heteroatoms. The number of ether oxygens (including phenoxy) is 3. The summed E-state index contributed by atoms with van der Waals surface area (Å²) in [6, 6.07) is 24.2. The van der Waals surface area contributed by atoms with Crippen LogP contribution < -0.4 is 16.0 Å². The predicted octanol–water partition coefficient (Wildman–Crippen LogP) is 8.69. The molecule has 1 fully saturated rings.